The van der Waals surface area contributed by atoms with E-state index in [-0.39, 0.29) is 17.4 Å². The number of rotatable bonds is 2. The van der Waals surface area contributed by atoms with Crippen LogP contribution in [0.15, 0.2) is 12.7 Å². The maximum atomic E-state index is 11.5. The van der Waals surface area contributed by atoms with Gasteiger partial charge in [-0.1, -0.05) is 0 Å². The predicted molar refractivity (Wildman–Crippen MR) is 40.8 cm³/mol. The van der Waals surface area contributed by atoms with Crippen LogP contribution in [-0.2, 0) is 7.05 Å². The first-order chi connectivity index (χ1) is 6.29. The van der Waals surface area contributed by atoms with Crippen molar-refractivity contribution in [2.24, 2.45) is 7.05 Å². The lowest BCUT2D eigenvalue weighted by atomic mass is 10.3. The van der Waals surface area contributed by atoms with Gasteiger partial charge in [-0.2, -0.15) is 5.10 Å². The average molecular weight is 178 g/mol. The van der Waals surface area contributed by atoms with Crippen molar-refractivity contribution in [1.82, 2.24) is 29.9 Å². The summed E-state index contributed by atoms with van der Waals surface area (Å²) in [6, 6.07) is 0. The van der Waals surface area contributed by atoms with E-state index in [4.69, 9.17) is 0 Å². The number of carbonyl (C=O) groups is 1. The van der Waals surface area contributed by atoms with Gasteiger partial charge in [0.25, 0.3) is 5.78 Å². The highest BCUT2D eigenvalue weighted by atomic mass is 16.1. The molecule has 2 rings (SSSR count). The van der Waals surface area contributed by atoms with Crippen molar-refractivity contribution in [3.05, 3.63) is 24.3 Å². The zero-order valence-electron chi connectivity index (χ0n) is 6.80. The van der Waals surface area contributed by atoms with Crippen LogP contribution in [0.3, 0.4) is 0 Å². The fourth-order valence-electron chi connectivity index (χ4n) is 0.910. The van der Waals surface area contributed by atoms with Crippen molar-refractivity contribution in [2.75, 3.05) is 0 Å². The molecule has 0 amide bonds. The van der Waals surface area contributed by atoms with E-state index in [0.29, 0.717) is 0 Å². The molecule has 0 aliphatic heterocycles. The minimum Gasteiger partial charge on any atom is -0.314 e. The summed E-state index contributed by atoms with van der Waals surface area (Å²) in [4.78, 5) is 15.2. The lowest BCUT2D eigenvalue weighted by molar-refractivity contribution is 0.101. The molecule has 0 aliphatic carbocycles. The third kappa shape index (κ3) is 1.19. The molecule has 0 aromatic carbocycles. The minimum absolute atomic E-state index is 0.163. The molecule has 0 spiro atoms. The van der Waals surface area contributed by atoms with E-state index in [1.54, 1.807) is 7.05 Å². The van der Waals surface area contributed by atoms with Gasteiger partial charge >= 0.3 is 0 Å². The summed E-state index contributed by atoms with van der Waals surface area (Å²) in [5.41, 5.74) is 0. The molecule has 0 unspecified atom stereocenters. The predicted octanol–water partition coefficient (Wildman–Crippen LogP) is -0.836. The number of carbonyl (C=O) groups excluding carboxylic acids is 1. The molecule has 0 atom stereocenters. The maximum Gasteiger partial charge on any atom is 0.267 e. The monoisotopic (exact) mass is 178 g/mol. The van der Waals surface area contributed by atoms with Crippen molar-refractivity contribution in [1.29, 1.82) is 0 Å². The van der Waals surface area contributed by atoms with Gasteiger partial charge in [0, 0.05) is 7.05 Å². The van der Waals surface area contributed by atoms with E-state index >= 15 is 0 Å². The summed E-state index contributed by atoms with van der Waals surface area (Å²) >= 11 is 0. The van der Waals surface area contributed by atoms with Crippen molar-refractivity contribution >= 4 is 5.78 Å². The van der Waals surface area contributed by atoms with E-state index in [1.807, 2.05) is 0 Å². The zero-order valence-corrected chi connectivity index (χ0v) is 6.80. The highest BCUT2D eigenvalue weighted by Crippen LogP contribution is 1.98. The van der Waals surface area contributed by atoms with Crippen LogP contribution in [0.4, 0.5) is 0 Å². The summed E-state index contributed by atoms with van der Waals surface area (Å²) < 4.78 is 1.52. The quantitative estimate of drug-likeness (QED) is 0.606. The Labute approximate surface area is 72.8 Å². The van der Waals surface area contributed by atoms with Crippen LogP contribution >= 0.6 is 0 Å². The Balaban J connectivity index is 2.39. The van der Waals surface area contributed by atoms with Gasteiger partial charge in [-0.3, -0.25) is 9.89 Å². The van der Waals surface area contributed by atoms with Gasteiger partial charge in [-0.25, -0.2) is 4.98 Å². The molecular weight excluding hydrogens is 172 g/mol. The molecule has 0 fully saturated rings. The van der Waals surface area contributed by atoms with Crippen molar-refractivity contribution < 1.29 is 4.79 Å². The van der Waals surface area contributed by atoms with Gasteiger partial charge in [-0.05, 0) is 0 Å². The summed E-state index contributed by atoms with van der Waals surface area (Å²) in [7, 11) is 1.68. The van der Waals surface area contributed by atoms with Gasteiger partial charge < -0.3 is 4.57 Å². The number of aromatic nitrogens is 6. The number of hydrogen-bond donors (Lipinski definition) is 1. The average Bonchev–Trinajstić information content (AvgIpc) is 2.72. The first-order valence-corrected chi connectivity index (χ1v) is 3.53. The van der Waals surface area contributed by atoms with E-state index in [9.17, 15) is 4.79 Å². The molecular formula is C6H6N6O. The molecule has 2 heterocycles. The topological polar surface area (TPSA) is 89.3 Å². The number of ketones is 1. The van der Waals surface area contributed by atoms with Crippen molar-refractivity contribution in [3.8, 4) is 0 Å². The van der Waals surface area contributed by atoms with Gasteiger partial charge in [-0.15, -0.1) is 10.2 Å². The molecule has 0 saturated heterocycles. The Morgan fingerprint density at radius 2 is 2.46 bits per heavy atom. The molecule has 0 radical (unpaired) electrons. The first-order valence-electron chi connectivity index (χ1n) is 3.53. The molecule has 0 bridgehead atoms. The molecule has 1 N–H and O–H groups in total. The largest absolute Gasteiger partial charge is 0.314 e. The molecule has 2 aromatic rings. The zero-order chi connectivity index (χ0) is 9.26. The van der Waals surface area contributed by atoms with E-state index in [0.717, 1.165) is 0 Å². The minimum atomic E-state index is -0.322. The molecule has 2 aromatic heterocycles. The lowest BCUT2D eigenvalue weighted by Crippen LogP contribution is -2.10. The fraction of sp³-hybridized carbons (Fsp3) is 0.167. The van der Waals surface area contributed by atoms with E-state index in [1.165, 1.54) is 17.2 Å². The number of aromatic amines is 1. The normalized spacial score (nSPS) is 10.2. The highest BCUT2D eigenvalue weighted by molar-refractivity contribution is 6.03. The van der Waals surface area contributed by atoms with Crippen LogP contribution in [0.1, 0.15) is 16.4 Å². The lowest BCUT2D eigenvalue weighted by Gasteiger charge is -1.94. The molecule has 13 heavy (non-hydrogen) atoms. The third-order valence-corrected chi connectivity index (χ3v) is 1.54. The molecule has 66 valence electrons. The number of aryl methyl sites for hydroxylation is 1. The summed E-state index contributed by atoms with van der Waals surface area (Å²) in [6.45, 7) is 0. The maximum absolute atomic E-state index is 11.5. The Kier molecular flexibility index (Phi) is 1.62. The fourth-order valence-corrected chi connectivity index (χ4v) is 0.910. The second-order valence-corrected chi connectivity index (χ2v) is 2.43. The second kappa shape index (κ2) is 2.77. The van der Waals surface area contributed by atoms with Gasteiger partial charge in [0.15, 0.2) is 5.82 Å². The Morgan fingerprint density at radius 1 is 1.62 bits per heavy atom. The highest BCUT2D eigenvalue weighted by Gasteiger charge is 2.16. The summed E-state index contributed by atoms with van der Waals surface area (Å²) in [5.74, 6) is 0.0744. The van der Waals surface area contributed by atoms with Crippen LogP contribution in [0, 0.1) is 0 Å². The van der Waals surface area contributed by atoms with E-state index < -0.39 is 0 Å². The van der Waals surface area contributed by atoms with Crippen LogP contribution in [-0.4, -0.2) is 35.7 Å². The SMILES string of the molecule is Cn1cnnc1C(=O)c1ncn[nH]1. The van der Waals surface area contributed by atoms with Gasteiger partial charge in [0.1, 0.15) is 12.7 Å². The van der Waals surface area contributed by atoms with Crippen LogP contribution in [0.5, 0.6) is 0 Å². The molecule has 0 aliphatic rings. The second-order valence-electron chi connectivity index (χ2n) is 2.43. The Hall–Kier alpha value is -2.05. The Morgan fingerprint density at radius 3 is 3.00 bits per heavy atom. The Bertz CT molecular complexity index is 416. The number of nitrogens with zero attached hydrogens (tertiary/aromatic N) is 5. The van der Waals surface area contributed by atoms with Crippen LogP contribution in [0.25, 0.3) is 0 Å². The van der Waals surface area contributed by atoms with Crippen molar-refractivity contribution in [2.45, 2.75) is 0 Å². The first kappa shape index (κ1) is 7.59. The molecule has 0 saturated carbocycles. The third-order valence-electron chi connectivity index (χ3n) is 1.54. The summed E-state index contributed by atoms with van der Waals surface area (Å²) in [5, 5.41) is 13.3. The van der Waals surface area contributed by atoms with E-state index in [2.05, 4.69) is 25.4 Å². The van der Waals surface area contributed by atoms with Crippen LogP contribution in [0.2, 0.25) is 0 Å². The van der Waals surface area contributed by atoms with Crippen LogP contribution < -0.4 is 0 Å². The number of hydrogen-bond acceptors (Lipinski definition) is 5. The van der Waals surface area contributed by atoms with Gasteiger partial charge in [0.2, 0.25) is 5.82 Å². The number of H-pyrrole nitrogens is 1. The summed E-state index contributed by atoms with van der Waals surface area (Å²) in [6.07, 6.45) is 2.72. The standard InChI is InChI=1S/C6H6N6O/c1-12-3-9-11-6(12)4(13)5-7-2-8-10-5/h2-3H,1H3,(H,7,8,10). The van der Waals surface area contributed by atoms with Crippen molar-refractivity contribution in [3.63, 3.8) is 0 Å². The molecule has 7 heteroatoms. The smallest absolute Gasteiger partial charge is 0.267 e. The number of nitrogens with one attached hydrogen (secondary N) is 1. The van der Waals surface area contributed by atoms with Gasteiger partial charge in [0.05, 0.1) is 0 Å². The molecule has 7 nitrogen and oxygen atoms in total.